The number of benzene rings is 2. The Kier molecular flexibility index (Phi) is 6.15. The highest BCUT2D eigenvalue weighted by Crippen LogP contribution is 2.24. The van der Waals surface area contributed by atoms with E-state index in [1.165, 1.54) is 9.47 Å². The minimum absolute atomic E-state index is 0.142. The maximum Gasteiger partial charge on any atom is 0.419 e. The maximum atomic E-state index is 12.5. The second-order valence-electron chi connectivity index (χ2n) is 8.47. The topological polar surface area (TPSA) is 105 Å². The number of rotatable bonds is 8. The molecule has 172 valence electrons. The minimum Gasteiger partial charge on any atom is -0.408 e. The van der Waals surface area contributed by atoms with Crippen molar-refractivity contribution in [3.05, 3.63) is 63.6 Å². The van der Waals surface area contributed by atoms with Gasteiger partial charge in [-0.3, -0.25) is 23.9 Å². The predicted octanol–water partition coefficient (Wildman–Crippen LogP) is 2.48. The first-order chi connectivity index (χ1) is 15.7. The molecule has 1 aliphatic heterocycles. The van der Waals surface area contributed by atoms with Crippen LogP contribution in [0.1, 0.15) is 39.1 Å². The third kappa shape index (κ3) is 4.58. The normalized spacial score (nSPS) is 13.3. The van der Waals surface area contributed by atoms with Crippen molar-refractivity contribution in [1.29, 1.82) is 0 Å². The van der Waals surface area contributed by atoms with Gasteiger partial charge in [0.2, 0.25) is 5.91 Å². The Bertz CT molecular complexity index is 1300. The van der Waals surface area contributed by atoms with Crippen LogP contribution in [0.25, 0.3) is 11.1 Å². The number of aromatic nitrogens is 1. The molecule has 0 radical (unpaired) electrons. The standard InChI is InChI=1S/C24H26N4O5/c1-15-6-8-17-18(13-15)23(31)28(22(17)30)10-4-5-21(29)25-16-7-9-20-19(14-16)27(24(32)33-20)12-11-26(2)3/h6-9,13-14H,4-5,10-12H2,1-3H3,(H,25,29). The molecule has 0 aliphatic carbocycles. The molecule has 1 N–H and O–H groups in total. The maximum absolute atomic E-state index is 12.5. The highest BCUT2D eigenvalue weighted by molar-refractivity contribution is 6.21. The summed E-state index contributed by atoms with van der Waals surface area (Å²) in [6.07, 6.45) is 0.487. The van der Waals surface area contributed by atoms with Crippen molar-refractivity contribution in [2.24, 2.45) is 0 Å². The molecule has 3 aromatic rings. The monoisotopic (exact) mass is 450 g/mol. The van der Waals surface area contributed by atoms with Crippen molar-refractivity contribution in [2.45, 2.75) is 26.3 Å². The van der Waals surface area contributed by atoms with Crippen molar-refractivity contribution in [3.8, 4) is 0 Å². The molecule has 1 aliphatic rings. The van der Waals surface area contributed by atoms with Gasteiger partial charge in [-0.05, 0) is 57.8 Å². The summed E-state index contributed by atoms with van der Waals surface area (Å²) in [5.74, 6) is -1.32. The van der Waals surface area contributed by atoms with Crippen LogP contribution in [0.15, 0.2) is 45.6 Å². The average Bonchev–Trinajstić information content (AvgIpc) is 3.19. The summed E-state index contributed by atoms with van der Waals surface area (Å²) in [5.41, 5.74) is 3.35. The molecular weight excluding hydrogens is 424 g/mol. The zero-order valence-corrected chi connectivity index (χ0v) is 18.9. The van der Waals surface area contributed by atoms with Crippen LogP contribution in [0.4, 0.5) is 5.69 Å². The summed E-state index contributed by atoms with van der Waals surface area (Å²) in [4.78, 5) is 52.8. The van der Waals surface area contributed by atoms with Crippen LogP contribution < -0.4 is 11.1 Å². The number of carbonyl (C=O) groups is 3. The molecule has 3 amide bonds. The van der Waals surface area contributed by atoms with E-state index in [0.29, 0.717) is 47.4 Å². The van der Waals surface area contributed by atoms with Crippen molar-refractivity contribution in [3.63, 3.8) is 0 Å². The van der Waals surface area contributed by atoms with E-state index in [2.05, 4.69) is 5.32 Å². The van der Waals surface area contributed by atoms with E-state index in [1.54, 1.807) is 36.4 Å². The number of hydrogen-bond acceptors (Lipinski definition) is 6. The number of hydrogen-bond donors (Lipinski definition) is 1. The molecular formula is C24H26N4O5. The van der Waals surface area contributed by atoms with Gasteiger partial charge in [0, 0.05) is 31.7 Å². The van der Waals surface area contributed by atoms with Gasteiger partial charge in [-0.2, -0.15) is 0 Å². The Hall–Kier alpha value is -3.72. The quantitative estimate of drug-likeness (QED) is 0.529. The third-order valence-corrected chi connectivity index (χ3v) is 5.63. The van der Waals surface area contributed by atoms with Crippen LogP contribution in [0.3, 0.4) is 0 Å². The number of imide groups is 1. The molecule has 0 fully saturated rings. The molecule has 4 rings (SSSR count). The molecule has 0 bridgehead atoms. The van der Waals surface area contributed by atoms with E-state index >= 15 is 0 Å². The zero-order valence-electron chi connectivity index (χ0n) is 18.9. The van der Waals surface area contributed by atoms with Gasteiger partial charge in [0.1, 0.15) is 0 Å². The van der Waals surface area contributed by atoms with Gasteiger partial charge >= 0.3 is 5.76 Å². The van der Waals surface area contributed by atoms with Crippen molar-refractivity contribution < 1.29 is 18.8 Å². The molecule has 0 unspecified atom stereocenters. The number of anilines is 1. The smallest absolute Gasteiger partial charge is 0.408 e. The van der Waals surface area contributed by atoms with Crippen LogP contribution in [0.2, 0.25) is 0 Å². The van der Waals surface area contributed by atoms with E-state index < -0.39 is 5.76 Å². The first-order valence-electron chi connectivity index (χ1n) is 10.8. The van der Waals surface area contributed by atoms with Crippen LogP contribution in [0.5, 0.6) is 0 Å². The van der Waals surface area contributed by atoms with Crippen LogP contribution in [0, 0.1) is 6.92 Å². The minimum atomic E-state index is -0.438. The van der Waals surface area contributed by atoms with E-state index in [4.69, 9.17) is 4.42 Å². The molecule has 2 heterocycles. The number of fused-ring (bicyclic) bond motifs is 2. The van der Waals surface area contributed by atoms with E-state index in [9.17, 15) is 19.2 Å². The molecule has 0 saturated carbocycles. The van der Waals surface area contributed by atoms with Crippen molar-refractivity contribution >= 4 is 34.5 Å². The van der Waals surface area contributed by atoms with Crippen LogP contribution in [-0.4, -0.2) is 59.3 Å². The highest BCUT2D eigenvalue weighted by atomic mass is 16.4. The number of oxazole rings is 1. The Morgan fingerprint density at radius 3 is 2.52 bits per heavy atom. The Labute approximate surface area is 190 Å². The van der Waals surface area contributed by atoms with Gasteiger partial charge in [-0.1, -0.05) is 11.6 Å². The Morgan fingerprint density at radius 2 is 1.76 bits per heavy atom. The fraction of sp³-hybridized carbons (Fsp3) is 0.333. The third-order valence-electron chi connectivity index (χ3n) is 5.63. The van der Waals surface area contributed by atoms with Crippen molar-refractivity contribution in [1.82, 2.24) is 14.4 Å². The molecule has 1 aromatic heterocycles. The number of nitrogens with one attached hydrogen (secondary N) is 1. The van der Waals surface area contributed by atoms with Gasteiger partial charge in [0.15, 0.2) is 5.58 Å². The summed E-state index contributed by atoms with van der Waals surface area (Å²) in [5, 5.41) is 2.81. The lowest BCUT2D eigenvalue weighted by Crippen LogP contribution is -2.31. The number of carbonyl (C=O) groups excluding carboxylic acids is 3. The van der Waals surface area contributed by atoms with Gasteiger partial charge in [-0.15, -0.1) is 0 Å². The zero-order chi connectivity index (χ0) is 23.7. The molecule has 2 aromatic carbocycles. The number of amides is 3. The van der Waals surface area contributed by atoms with E-state index in [1.807, 2.05) is 25.9 Å². The summed E-state index contributed by atoms with van der Waals surface area (Å²) in [6.45, 7) is 3.18. The van der Waals surface area contributed by atoms with Gasteiger partial charge in [0.05, 0.1) is 16.6 Å². The lowest BCUT2D eigenvalue weighted by Gasteiger charge is -2.13. The van der Waals surface area contributed by atoms with Gasteiger partial charge in [-0.25, -0.2) is 4.79 Å². The Balaban J connectivity index is 1.36. The first-order valence-corrected chi connectivity index (χ1v) is 10.8. The largest absolute Gasteiger partial charge is 0.419 e. The molecule has 9 nitrogen and oxygen atoms in total. The second kappa shape index (κ2) is 9.03. The molecule has 9 heteroatoms. The first kappa shape index (κ1) is 22.5. The predicted molar refractivity (Wildman–Crippen MR) is 123 cm³/mol. The Morgan fingerprint density at radius 1 is 1.00 bits per heavy atom. The summed E-state index contributed by atoms with van der Waals surface area (Å²) in [6, 6.07) is 10.2. The van der Waals surface area contributed by atoms with Crippen LogP contribution in [-0.2, 0) is 11.3 Å². The second-order valence-corrected chi connectivity index (χ2v) is 8.47. The van der Waals surface area contributed by atoms with Crippen molar-refractivity contribution in [2.75, 3.05) is 32.5 Å². The molecule has 0 spiro atoms. The highest BCUT2D eigenvalue weighted by Gasteiger charge is 2.34. The molecule has 0 saturated heterocycles. The number of nitrogens with zero attached hydrogens (tertiary/aromatic N) is 3. The number of aryl methyl sites for hydroxylation is 1. The van der Waals surface area contributed by atoms with E-state index in [0.717, 1.165) is 5.56 Å². The summed E-state index contributed by atoms with van der Waals surface area (Å²) < 4.78 is 6.81. The fourth-order valence-corrected chi connectivity index (χ4v) is 3.88. The lowest BCUT2D eigenvalue weighted by atomic mass is 10.1. The molecule has 33 heavy (non-hydrogen) atoms. The summed E-state index contributed by atoms with van der Waals surface area (Å²) >= 11 is 0. The lowest BCUT2D eigenvalue weighted by molar-refractivity contribution is -0.116. The SMILES string of the molecule is Cc1ccc2c(c1)C(=O)N(CCCC(=O)Nc1ccc3oc(=O)n(CCN(C)C)c3c1)C2=O. The fourth-order valence-electron chi connectivity index (χ4n) is 3.88. The van der Waals surface area contributed by atoms with Crippen LogP contribution >= 0.6 is 0 Å². The van der Waals surface area contributed by atoms with E-state index in [-0.39, 0.29) is 30.7 Å². The van der Waals surface area contributed by atoms with Gasteiger partial charge in [0.25, 0.3) is 11.8 Å². The molecule has 0 atom stereocenters. The average molecular weight is 450 g/mol. The summed E-state index contributed by atoms with van der Waals surface area (Å²) in [7, 11) is 3.84. The number of likely N-dealkylation sites (N-methyl/N-ethyl adjacent to an activating group) is 1. The van der Waals surface area contributed by atoms with Gasteiger partial charge < -0.3 is 14.6 Å².